The van der Waals surface area contributed by atoms with Crippen LogP contribution < -0.4 is 10.6 Å². The molecular weight excluding hydrogens is 347 g/mol. The monoisotopic (exact) mass is 364 g/mol. The van der Waals surface area contributed by atoms with E-state index < -0.39 is 17.2 Å². The molecule has 0 aromatic heterocycles. The molecule has 0 radical (unpaired) electrons. The Hall–Kier alpha value is -2.04. The number of carbonyl (C=O) groups is 2. The molecular formula is C18H18Cl2N2O2. The van der Waals surface area contributed by atoms with Crippen molar-refractivity contribution in [2.75, 3.05) is 10.6 Å². The quantitative estimate of drug-likeness (QED) is 0.757. The molecule has 2 N–H and O–H groups in total. The number of carbonyl (C=O) groups excluding carboxylic acids is 2. The fourth-order valence-electron chi connectivity index (χ4n) is 1.93. The van der Waals surface area contributed by atoms with Crippen molar-refractivity contribution in [3.05, 3.63) is 58.1 Å². The van der Waals surface area contributed by atoms with Gasteiger partial charge in [-0.05, 0) is 62.7 Å². The first-order valence-corrected chi connectivity index (χ1v) is 8.10. The smallest absolute Gasteiger partial charge is 0.239 e. The van der Waals surface area contributed by atoms with Gasteiger partial charge in [0.2, 0.25) is 11.8 Å². The highest BCUT2D eigenvalue weighted by atomic mass is 35.5. The van der Waals surface area contributed by atoms with Crippen LogP contribution in [0.15, 0.2) is 42.5 Å². The average molecular weight is 365 g/mol. The van der Waals surface area contributed by atoms with E-state index in [1.54, 1.807) is 56.3 Å². The first-order chi connectivity index (χ1) is 11.2. The molecule has 126 valence electrons. The number of hydrogen-bond donors (Lipinski definition) is 2. The van der Waals surface area contributed by atoms with Crippen molar-refractivity contribution in [1.82, 2.24) is 0 Å². The average Bonchev–Trinajstić information content (AvgIpc) is 2.53. The molecule has 4 nitrogen and oxygen atoms in total. The lowest BCUT2D eigenvalue weighted by Crippen LogP contribution is -2.41. The van der Waals surface area contributed by atoms with E-state index in [-0.39, 0.29) is 0 Å². The van der Waals surface area contributed by atoms with Gasteiger partial charge in [0, 0.05) is 21.4 Å². The molecule has 0 saturated carbocycles. The third kappa shape index (κ3) is 4.28. The van der Waals surface area contributed by atoms with E-state index in [1.165, 1.54) is 0 Å². The Morgan fingerprint density at radius 3 is 2.04 bits per heavy atom. The Bertz CT molecular complexity index is 771. The van der Waals surface area contributed by atoms with E-state index >= 15 is 0 Å². The number of anilines is 2. The molecule has 0 heterocycles. The Balaban J connectivity index is 2.12. The minimum Gasteiger partial charge on any atom is -0.325 e. The second kappa shape index (κ2) is 7.24. The van der Waals surface area contributed by atoms with Crippen LogP contribution in [0.2, 0.25) is 10.0 Å². The van der Waals surface area contributed by atoms with Crippen LogP contribution in [0.5, 0.6) is 0 Å². The highest BCUT2D eigenvalue weighted by molar-refractivity contribution is 6.31. The van der Waals surface area contributed by atoms with E-state index in [4.69, 9.17) is 23.2 Å². The first-order valence-electron chi connectivity index (χ1n) is 7.35. The summed E-state index contributed by atoms with van der Waals surface area (Å²) in [6, 6.07) is 11.9. The maximum atomic E-state index is 12.5. The van der Waals surface area contributed by atoms with Crippen LogP contribution in [-0.2, 0) is 9.59 Å². The maximum absolute atomic E-state index is 12.5. The van der Waals surface area contributed by atoms with Crippen molar-refractivity contribution in [2.45, 2.75) is 20.8 Å². The van der Waals surface area contributed by atoms with Gasteiger partial charge in [0.15, 0.2) is 0 Å². The van der Waals surface area contributed by atoms with Gasteiger partial charge in [0.25, 0.3) is 0 Å². The lowest BCUT2D eigenvalue weighted by molar-refractivity contribution is -0.135. The number of aryl methyl sites for hydroxylation is 1. The number of amides is 2. The second-order valence-electron chi connectivity index (χ2n) is 6.00. The number of hydrogen-bond acceptors (Lipinski definition) is 2. The molecule has 2 rings (SSSR count). The molecule has 0 bridgehead atoms. The molecule has 0 saturated heterocycles. The zero-order valence-corrected chi connectivity index (χ0v) is 15.1. The van der Waals surface area contributed by atoms with Gasteiger partial charge in [-0.2, -0.15) is 0 Å². The number of benzene rings is 2. The van der Waals surface area contributed by atoms with E-state index in [0.29, 0.717) is 21.4 Å². The minimum atomic E-state index is -1.27. The van der Waals surface area contributed by atoms with Gasteiger partial charge in [0.1, 0.15) is 5.41 Å². The van der Waals surface area contributed by atoms with E-state index in [9.17, 15) is 9.59 Å². The number of halogens is 2. The van der Waals surface area contributed by atoms with E-state index in [2.05, 4.69) is 10.6 Å². The molecule has 0 atom stereocenters. The SMILES string of the molecule is Cc1ccc(Cl)cc1NC(=O)C(C)(C)C(=O)Nc1ccc(Cl)cc1. The van der Waals surface area contributed by atoms with Gasteiger partial charge in [-0.25, -0.2) is 0 Å². The summed E-state index contributed by atoms with van der Waals surface area (Å²) in [4.78, 5) is 25.0. The molecule has 0 aliphatic rings. The van der Waals surface area contributed by atoms with Crippen LogP contribution in [0.25, 0.3) is 0 Å². The van der Waals surface area contributed by atoms with Crippen LogP contribution in [0.4, 0.5) is 11.4 Å². The molecule has 2 aromatic rings. The maximum Gasteiger partial charge on any atom is 0.239 e. The fourth-order valence-corrected chi connectivity index (χ4v) is 2.23. The number of rotatable bonds is 4. The summed E-state index contributed by atoms with van der Waals surface area (Å²) in [5.74, 6) is -0.832. The summed E-state index contributed by atoms with van der Waals surface area (Å²) in [7, 11) is 0. The van der Waals surface area contributed by atoms with Crippen molar-refractivity contribution < 1.29 is 9.59 Å². The van der Waals surface area contributed by atoms with Crippen LogP contribution >= 0.6 is 23.2 Å². The highest BCUT2D eigenvalue weighted by Gasteiger charge is 2.36. The summed E-state index contributed by atoms with van der Waals surface area (Å²) in [6.07, 6.45) is 0. The zero-order chi connectivity index (χ0) is 17.9. The van der Waals surface area contributed by atoms with Crippen LogP contribution in [0.3, 0.4) is 0 Å². The zero-order valence-electron chi connectivity index (χ0n) is 13.6. The number of nitrogens with one attached hydrogen (secondary N) is 2. The van der Waals surface area contributed by atoms with E-state index in [0.717, 1.165) is 5.56 Å². The topological polar surface area (TPSA) is 58.2 Å². The summed E-state index contributed by atoms with van der Waals surface area (Å²) < 4.78 is 0. The molecule has 0 aliphatic heterocycles. The normalized spacial score (nSPS) is 11.0. The Kier molecular flexibility index (Phi) is 5.52. The van der Waals surface area contributed by atoms with Crippen molar-refractivity contribution >= 4 is 46.4 Å². The third-order valence-corrected chi connectivity index (χ3v) is 4.17. The van der Waals surface area contributed by atoms with Gasteiger partial charge < -0.3 is 10.6 Å². The van der Waals surface area contributed by atoms with Gasteiger partial charge in [-0.15, -0.1) is 0 Å². The minimum absolute atomic E-state index is 0.415. The molecule has 0 spiro atoms. The van der Waals surface area contributed by atoms with Crippen molar-refractivity contribution in [2.24, 2.45) is 5.41 Å². The molecule has 2 amide bonds. The largest absolute Gasteiger partial charge is 0.325 e. The predicted octanol–water partition coefficient (Wildman–Crippen LogP) is 4.91. The van der Waals surface area contributed by atoms with Gasteiger partial charge in [0.05, 0.1) is 0 Å². The molecule has 2 aromatic carbocycles. The summed E-state index contributed by atoms with van der Waals surface area (Å²) in [5.41, 5.74) is 0.750. The Morgan fingerprint density at radius 1 is 0.875 bits per heavy atom. The Labute approximate surface area is 151 Å². The molecule has 0 unspecified atom stereocenters. The summed E-state index contributed by atoms with van der Waals surface area (Å²) in [6.45, 7) is 4.98. The standard InChI is InChI=1S/C18H18Cl2N2O2/c1-11-4-5-13(20)10-15(11)22-17(24)18(2,3)16(23)21-14-8-6-12(19)7-9-14/h4-10H,1-3H3,(H,21,23)(H,22,24). The second-order valence-corrected chi connectivity index (χ2v) is 6.87. The summed E-state index contributed by atoms with van der Waals surface area (Å²) in [5, 5.41) is 6.56. The lowest BCUT2D eigenvalue weighted by Gasteiger charge is -2.23. The van der Waals surface area contributed by atoms with Gasteiger partial charge in [-0.3, -0.25) is 9.59 Å². The third-order valence-electron chi connectivity index (χ3n) is 3.69. The van der Waals surface area contributed by atoms with Crippen molar-refractivity contribution in [1.29, 1.82) is 0 Å². The van der Waals surface area contributed by atoms with Crippen LogP contribution in [0.1, 0.15) is 19.4 Å². The van der Waals surface area contributed by atoms with Gasteiger partial charge in [-0.1, -0.05) is 29.3 Å². The molecule has 6 heteroatoms. The highest BCUT2D eigenvalue weighted by Crippen LogP contribution is 2.25. The molecule has 0 aliphatic carbocycles. The fraction of sp³-hybridized carbons (Fsp3) is 0.222. The molecule has 24 heavy (non-hydrogen) atoms. The first kappa shape index (κ1) is 18.3. The lowest BCUT2D eigenvalue weighted by atomic mass is 9.90. The summed E-state index contributed by atoms with van der Waals surface area (Å²) >= 11 is 11.8. The van der Waals surface area contributed by atoms with Crippen molar-refractivity contribution in [3.63, 3.8) is 0 Å². The molecule has 0 fully saturated rings. The van der Waals surface area contributed by atoms with Gasteiger partial charge >= 0.3 is 0 Å². The predicted molar refractivity (Wildman–Crippen MR) is 98.7 cm³/mol. The van der Waals surface area contributed by atoms with Crippen molar-refractivity contribution in [3.8, 4) is 0 Å². The van der Waals surface area contributed by atoms with Crippen LogP contribution in [0, 0.1) is 12.3 Å². The van der Waals surface area contributed by atoms with E-state index in [1.807, 2.05) is 6.92 Å². The Morgan fingerprint density at radius 2 is 1.42 bits per heavy atom. The van der Waals surface area contributed by atoms with Crippen LogP contribution in [-0.4, -0.2) is 11.8 Å².